The van der Waals surface area contributed by atoms with Crippen LogP contribution in [0.25, 0.3) is 0 Å². The van der Waals surface area contributed by atoms with Gasteiger partial charge >= 0.3 is 0 Å². The lowest BCUT2D eigenvalue weighted by molar-refractivity contribution is 0.471. The van der Waals surface area contributed by atoms with Gasteiger partial charge in [-0.1, -0.05) is 12.1 Å². The van der Waals surface area contributed by atoms with E-state index in [2.05, 4.69) is 5.32 Å². The van der Waals surface area contributed by atoms with Gasteiger partial charge in [-0.15, -0.1) is 0 Å². The first-order valence-corrected chi connectivity index (χ1v) is 8.01. The van der Waals surface area contributed by atoms with Gasteiger partial charge in [0.15, 0.2) is 0 Å². The molecule has 1 unspecified atom stereocenters. The quantitative estimate of drug-likeness (QED) is 0.757. The second-order valence-electron chi connectivity index (χ2n) is 4.98. The molecule has 0 bridgehead atoms. The Labute approximate surface area is 124 Å². The van der Waals surface area contributed by atoms with Crippen LogP contribution in [-0.2, 0) is 10.0 Å². The fourth-order valence-corrected chi connectivity index (χ4v) is 2.54. The topological polar surface area (TPSA) is 92.4 Å². The summed E-state index contributed by atoms with van der Waals surface area (Å²) in [5, 5.41) is 17.9. The summed E-state index contributed by atoms with van der Waals surface area (Å²) in [4.78, 5) is 0.0962. The Hall–Kier alpha value is -2.05. The van der Waals surface area contributed by atoms with E-state index in [1.165, 1.54) is 12.1 Å². The van der Waals surface area contributed by atoms with E-state index in [1.54, 1.807) is 24.3 Å². The van der Waals surface area contributed by atoms with Gasteiger partial charge in [-0.2, -0.15) is 0 Å². The standard InChI is InChI=1S/C15H18N2O3S/c1-10-9-13(5-8-15(10)18)17-11(2)12-3-6-14(7-4-12)21(16,19)20/h3-9,11,17-18H,1-2H3,(H2,16,19,20). The second kappa shape index (κ2) is 5.75. The second-order valence-corrected chi connectivity index (χ2v) is 6.54. The summed E-state index contributed by atoms with van der Waals surface area (Å²) in [5.41, 5.74) is 2.61. The maximum absolute atomic E-state index is 11.2. The van der Waals surface area contributed by atoms with E-state index < -0.39 is 10.0 Å². The maximum atomic E-state index is 11.2. The first-order chi connectivity index (χ1) is 9.77. The van der Waals surface area contributed by atoms with E-state index in [0.29, 0.717) is 0 Å². The SMILES string of the molecule is Cc1cc(NC(C)c2ccc(S(N)(=O)=O)cc2)ccc1O. The van der Waals surface area contributed by atoms with Crippen LogP contribution in [0.4, 0.5) is 5.69 Å². The number of hydrogen-bond acceptors (Lipinski definition) is 4. The molecule has 0 saturated carbocycles. The molecule has 4 N–H and O–H groups in total. The maximum Gasteiger partial charge on any atom is 0.238 e. The normalized spacial score (nSPS) is 12.9. The van der Waals surface area contributed by atoms with Crippen molar-refractivity contribution in [3.63, 3.8) is 0 Å². The number of aromatic hydroxyl groups is 1. The Balaban J connectivity index is 2.16. The highest BCUT2D eigenvalue weighted by molar-refractivity contribution is 7.89. The number of sulfonamides is 1. The van der Waals surface area contributed by atoms with E-state index in [0.717, 1.165) is 16.8 Å². The minimum atomic E-state index is -3.66. The predicted molar refractivity (Wildman–Crippen MR) is 82.7 cm³/mol. The molecule has 112 valence electrons. The summed E-state index contributed by atoms with van der Waals surface area (Å²) in [6, 6.07) is 11.7. The highest BCUT2D eigenvalue weighted by Crippen LogP contribution is 2.24. The fourth-order valence-electron chi connectivity index (χ4n) is 2.02. The summed E-state index contributed by atoms with van der Waals surface area (Å²) in [7, 11) is -3.66. The van der Waals surface area contributed by atoms with Crippen molar-refractivity contribution >= 4 is 15.7 Å². The Morgan fingerprint density at radius 2 is 1.76 bits per heavy atom. The molecule has 0 saturated heterocycles. The number of nitrogens with two attached hydrogens (primary N) is 1. The minimum absolute atomic E-state index is 0.0107. The molecule has 2 aromatic rings. The number of benzene rings is 2. The number of anilines is 1. The number of hydrogen-bond donors (Lipinski definition) is 3. The number of primary sulfonamides is 1. The molecule has 5 nitrogen and oxygen atoms in total. The summed E-state index contributed by atoms with van der Waals surface area (Å²) in [5.74, 6) is 0.255. The summed E-state index contributed by atoms with van der Waals surface area (Å²) < 4.78 is 22.4. The summed E-state index contributed by atoms with van der Waals surface area (Å²) in [6.07, 6.45) is 0. The number of phenolic OH excluding ortho intramolecular Hbond substituents is 1. The fraction of sp³-hybridized carbons (Fsp3) is 0.200. The lowest BCUT2D eigenvalue weighted by Crippen LogP contribution is -2.12. The predicted octanol–water partition coefficient (Wildman–Crippen LogP) is 2.52. The van der Waals surface area contributed by atoms with Crippen molar-refractivity contribution in [2.24, 2.45) is 5.14 Å². The van der Waals surface area contributed by atoms with Crippen molar-refractivity contribution in [1.82, 2.24) is 0 Å². The van der Waals surface area contributed by atoms with Crippen LogP contribution in [0.2, 0.25) is 0 Å². The van der Waals surface area contributed by atoms with Crippen LogP contribution in [0, 0.1) is 6.92 Å². The van der Waals surface area contributed by atoms with Crippen LogP contribution in [-0.4, -0.2) is 13.5 Å². The average Bonchev–Trinajstić information content (AvgIpc) is 2.42. The smallest absolute Gasteiger partial charge is 0.238 e. The molecule has 0 spiro atoms. The van der Waals surface area contributed by atoms with Gasteiger partial charge in [-0.3, -0.25) is 0 Å². The number of nitrogens with one attached hydrogen (secondary N) is 1. The Morgan fingerprint density at radius 3 is 2.29 bits per heavy atom. The van der Waals surface area contributed by atoms with Gasteiger partial charge in [0.25, 0.3) is 0 Å². The Bertz CT molecular complexity index is 740. The molecular formula is C15H18N2O3S. The van der Waals surface area contributed by atoms with E-state index in [1.807, 2.05) is 19.9 Å². The molecule has 0 radical (unpaired) electrons. The van der Waals surface area contributed by atoms with E-state index in [4.69, 9.17) is 5.14 Å². The summed E-state index contributed by atoms with van der Waals surface area (Å²) >= 11 is 0. The lowest BCUT2D eigenvalue weighted by Gasteiger charge is -2.16. The minimum Gasteiger partial charge on any atom is -0.508 e. The number of aryl methyl sites for hydroxylation is 1. The van der Waals surface area contributed by atoms with Gasteiger partial charge in [0.1, 0.15) is 5.75 Å². The van der Waals surface area contributed by atoms with E-state index in [9.17, 15) is 13.5 Å². The molecule has 0 fully saturated rings. The first kappa shape index (κ1) is 15.3. The molecule has 0 amide bonds. The van der Waals surface area contributed by atoms with Crippen molar-refractivity contribution < 1.29 is 13.5 Å². The zero-order chi connectivity index (χ0) is 15.6. The molecule has 0 aromatic heterocycles. The lowest BCUT2D eigenvalue weighted by atomic mass is 10.1. The van der Waals surface area contributed by atoms with Crippen LogP contribution < -0.4 is 10.5 Å². The van der Waals surface area contributed by atoms with Crippen LogP contribution in [0.15, 0.2) is 47.4 Å². The van der Waals surface area contributed by atoms with Crippen molar-refractivity contribution in [3.05, 3.63) is 53.6 Å². The van der Waals surface area contributed by atoms with Gasteiger partial charge in [0.05, 0.1) is 4.90 Å². The van der Waals surface area contributed by atoms with Gasteiger partial charge in [0, 0.05) is 11.7 Å². The number of phenols is 1. The molecular weight excluding hydrogens is 288 g/mol. The average molecular weight is 306 g/mol. The molecule has 2 rings (SSSR count). The zero-order valence-corrected chi connectivity index (χ0v) is 12.7. The monoisotopic (exact) mass is 306 g/mol. The van der Waals surface area contributed by atoms with Gasteiger partial charge in [-0.25, -0.2) is 13.6 Å². The molecule has 2 aromatic carbocycles. The molecule has 0 aliphatic heterocycles. The van der Waals surface area contributed by atoms with Crippen LogP contribution in [0.5, 0.6) is 5.75 Å². The van der Waals surface area contributed by atoms with Crippen molar-refractivity contribution in [2.75, 3.05) is 5.32 Å². The highest BCUT2D eigenvalue weighted by atomic mass is 32.2. The molecule has 0 heterocycles. The third-order valence-corrected chi connectivity index (χ3v) is 4.22. The summed E-state index contributed by atoms with van der Waals surface area (Å²) in [6.45, 7) is 3.79. The van der Waals surface area contributed by atoms with Gasteiger partial charge in [-0.05, 0) is 55.3 Å². The molecule has 1 atom stereocenters. The third-order valence-electron chi connectivity index (χ3n) is 3.29. The highest BCUT2D eigenvalue weighted by Gasteiger charge is 2.10. The van der Waals surface area contributed by atoms with Crippen LogP contribution in [0.3, 0.4) is 0 Å². The molecule has 0 aliphatic carbocycles. The largest absolute Gasteiger partial charge is 0.508 e. The van der Waals surface area contributed by atoms with Crippen molar-refractivity contribution in [2.45, 2.75) is 24.8 Å². The molecule has 21 heavy (non-hydrogen) atoms. The van der Waals surface area contributed by atoms with Crippen LogP contribution in [0.1, 0.15) is 24.1 Å². The molecule has 6 heteroatoms. The van der Waals surface area contributed by atoms with E-state index in [-0.39, 0.29) is 16.7 Å². The Morgan fingerprint density at radius 1 is 1.14 bits per heavy atom. The van der Waals surface area contributed by atoms with E-state index >= 15 is 0 Å². The zero-order valence-electron chi connectivity index (χ0n) is 11.9. The third kappa shape index (κ3) is 3.74. The first-order valence-electron chi connectivity index (χ1n) is 6.46. The van der Waals surface area contributed by atoms with Crippen LogP contribution >= 0.6 is 0 Å². The number of rotatable bonds is 4. The van der Waals surface area contributed by atoms with Crippen molar-refractivity contribution in [3.8, 4) is 5.75 Å². The Kier molecular flexibility index (Phi) is 4.20. The van der Waals surface area contributed by atoms with Gasteiger partial charge < -0.3 is 10.4 Å². The van der Waals surface area contributed by atoms with Crippen molar-refractivity contribution in [1.29, 1.82) is 0 Å². The van der Waals surface area contributed by atoms with Gasteiger partial charge in [0.2, 0.25) is 10.0 Å². The molecule has 0 aliphatic rings.